The van der Waals surface area contributed by atoms with E-state index in [-0.39, 0.29) is 0 Å². The number of rotatable bonds is 4. The zero-order chi connectivity index (χ0) is 13.8. The SMILES string of the molecule is Cc1cccc(C)c1OCc1cccnc1C(N)=S. The van der Waals surface area contributed by atoms with Crippen molar-refractivity contribution in [1.29, 1.82) is 0 Å². The van der Waals surface area contributed by atoms with Gasteiger partial charge in [-0.05, 0) is 31.0 Å². The van der Waals surface area contributed by atoms with E-state index in [4.69, 9.17) is 22.7 Å². The van der Waals surface area contributed by atoms with E-state index in [1.165, 1.54) is 0 Å². The van der Waals surface area contributed by atoms with Crippen LogP contribution in [0.15, 0.2) is 36.5 Å². The number of nitrogens with zero attached hydrogens (tertiary/aromatic N) is 1. The highest BCUT2D eigenvalue weighted by Crippen LogP contribution is 2.23. The number of hydrogen-bond donors (Lipinski definition) is 1. The van der Waals surface area contributed by atoms with Crippen molar-refractivity contribution in [3.05, 3.63) is 58.9 Å². The van der Waals surface area contributed by atoms with Crippen molar-refractivity contribution >= 4 is 17.2 Å². The highest BCUT2D eigenvalue weighted by molar-refractivity contribution is 7.80. The van der Waals surface area contributed by atoms with Crippen molar-refractivity contribution < 1.29 is 4.74 Å². The molecule has 4 heteroatoms. The molecule has 2 N–H and O–H groups in total. The molecule has 0 spiro atoms. The summed E-state index contributed by atoms with van der Waals surface area (Å²) in [4.78, 5) is 4.48. The number of hydrogen-bond acceptors (Lipinski definition) is 3. The zero-order valence-electron chi connectivity index (χ0n) is 11.0. The van der Waals surface area contributed by atoms with Gasteiger partial charge in [0.25, 0.3) is 0 Å². The maximum Gasteiger partial charge on any atom is 0.125 e. The minimum absolute atomic E-state index is 0.292. The predicted molar refractivity (Wildman–Crippen MR) is 80.4 cm³/mol. The quantitative estimate of drug-likeness (QED) is 0.869. The summed E-state index contributed by atoms with van der Waals surface area (Å²) < 4.78 is 5.89. The van der Waals surface area contributed by atoms with Crippen molar-refractivity contribution in [2.45, 2.75) is 20.5 Å². The van der Waals surface area contributed by atoms with Gasteiger partial charge in [-0.3, -0.25) is 4.98 Å². The van der Waals surface area contributed by atoms with E-state index in [1.807, 2.05) is 44.2 Å². The number of para-hydroxylation sites is 1. The van der Waals surface area contributed by atoms with Crippen LogP contribution in [0.2, 0.25) is 0 Å². The lowest BCUT2D eigenvalue weighted by atomic mass is 10.1. The Kier molecular flexibility index (Phi) is 4.12. The van der Waals surface area contributed by atoms with Crippen LogP contribution < -0.4 is 10.5 Å². The van der Waals surface area contributed by atoms with Crippen LogP contribution >= 0.6 is 12.2 Å². The first kappa shape index (κ1) is 13.5. The van der Waals surface area contributed by atoms with Crippen LogP contribution in [0, 0.1) is 13.8 Å². The Morgan fingerprint density at radius 1 is 1.21 bits per heavy atom. The van der Waals surface area contributed by atoms with Crippen LogP contribution in [0.4, 0.5) is 0 Å². The molecule has 0 aliphatic carbocycles. The van der Waals surface area contributed by atoms with Gasteiger partial charge in [0.05, 0.1) is 0 Å². The molecule has 0 amide bonds. The number of pyridine rings is 1. The van der Waals surface area contributed by atoms with Gasteiger partial charge in [0.15, 0.2) is 0 Å². The van der Waals surface area contributed by atoms with E-state index >= 15 is 0 Å². The summed E-state index contributed by atoms with van der Waals surface area (Å²) in [5, 5.41) is 0. The summed E-state index contributed by atoms with van der Waals surface area (Å²) in [5.41, 5.74) is 9.41. The molecular formula is C15H16N2OS. The number of benzene rings is 1. The first-order chi connectivity index (χ1) is 9.09. The van der Waals surface area contributed by atoms with Crippen molar-refractivity contribution in [2.75, 3.05) is 0 Å². The third-order valence-electron chi connectivity index (χ3n) is 2.91. The molecule has 1 aromatic heterocycles. The van der Waals surface area contributed by atoms with Gasteiger partial charge in [-0.2, -0.15) is 0 Å². The molecule has 98 valence electrons. The highest BCUT2D eigenvalue weighted by Gasteiger charge is 2.08. The minimum atomic E-state index is 0.292. The van der Waals surface area contributed by atoms with Crippen LogP contribution in [0.1, 0.15) is 22.4 Å². The van der Waals surface area contributed by atoms with Crippen molar-refractivity contribution in [2.24, 2.45) is 5.73 Å². The Morgan fingerprint density at radius 2 is 1.89 bits per heavy atom. The normalized spacial score (nSPS) is 10.2. The molecule has 0 aliphatic heterocycles. The summed E-state index contributed by atoms with van der Waals surface area (Å²) in [7, 11) is 0. The van der Waals surface area contributed by atoms with Gasteiger partial charge in [-0.1, -0.05) is 36.5 Å². The van der Waals surface area contributed by atoms with E-state index in [9.17, 15) is 0 Å². The lowest BCUT2D eigenvalue weighted by Crippen LogP contribution is -2.15. The minimum Gasteiger partial charge on any atom is -0.488 e. The molecule has 0 atom stereocenters. The largest absolute Gasteiger partial charge is 0.488 e. The first-order valence-electron chi connectivity index (χ1n) is 6.02. The Balaban J connectivity index is 2.22. The fourth-order valence-electron chi connectivity index (χ4n) is 1.95. The smallest absolute Gasteiger partial charge is 0.125 e. The lowest BCUT2D eigenvalue weighted by molar-refractivity contribution is 0.301. The average Bonchev–Trinajstić information content (AvgIpc) is 2.38. The number of aromatic nitrogens is 1. The standard InChI is InChI=1S/C15H16N2OS/c1-10-5-3-6-11(2)14(10)18-9-12-7-4-8-17-13(12)15(16)19/h3-8H,9H2,1-2H3,(H2,16,19). The fraction of sp³-hybridized carbons (Fsp3) is 0.200. The summed E-state index contributed by atoms with van der Waals surface area (Å²) in [6, 6.07) is 9.85. The third-order valence-corrected chi connectivity index (χ3v) is 3.10. The number of aryl methyl sites for hydroxylation is 2. The van der Waals surface area contributed by atoms with Gasteiger partial charge in [0.2, 0.25) is 0 Å². The summed E-state index contributed by atoms with van der Waals surface area (Å²) in [5.74, 6) is 0.903. The molecule has 0 radical (unpaired) electrons. The van der Waals surface area contributed by atoms with Gasteiger partial charge >= 0.3 is 0 Å². The van der Waals surface area contributed by atoms with Crippen molar-refractivity contribution in [3.8, 4) is 5.75 Å². The average molecular weight is 272 g/mol. The summed E-state index contributed by atoms with van der Waals surface area (Å²) in [6.45, 7) is 4.46. The second kappa shape index (κ2) is 5.80. The molecule has 2 aromatic rings. The van der Waals surface area contributed by atoms with Crippen molar-refractivity contribution in [1.82, 2.24) is 4.98 Å². The van der Waals surface area contributed by atoms with Gasteiger partial charge < -0.3 is 10.5 Å². The van der Waals surface area contributed by atoms with Crippen molar-refractivity contribution in [3.63, 3.8) is 0 Å². The Bertz CT molecular complexity index is 591. The lowest BCUT2D eigenvalue weighted by Gasteiger charge is -2.13. The van der Waals surface area contributed by atoms with Crippen LogP contribution in [-0.2, 0) is 6.61 Å². The fourth-order valence-corrected chi connectivity index (χ4v) is 2.14. The molecule has 0 fully saturated rings. The maximum atomic E-state index is 5.89. The molecular weight excluding hydrogens is 256 g/mol. The number of ether oxygens (including phenoxy) is 1. The molecule has 0 unspecified atom stereocenters. The van der Waals surface area contributed by atoms with E-state index in [0.29, 0.717) is 17.3 Å². The second-order valence-electron chi connectivity index (χ2n) is 4.38. The third kappa shape index (κ3) is 3.09. The Morgan fingerprint density at radius 3 is 2.53 bits per heavy atom. The zero-order valence-corrected chi connectivity index (χ0v) is 11.8. The number of thiocarbonyl (C=S) groups is 1. The van der Waals surface area contributed by atoms with E-state index in [0.717, 1.165) is 22.4 Å². The maximum absolute atomic E-state index is 5.89. The Hall–Kier alpha value is -1.94. The molecule has 2 rings (SSSR count). The molecule has 0 saturated carbocycles. The van der Waals surface area contributed by atoms with Crippen LogP contribution in [-0.4, -0.2) is 9.97 Å². The van der Waals surface area contributed by atoms with E-state index in [1.54, 1.807) is 6.20 Å². The van der Waals surface area contributed by atoms with E-state index in [2.05, 4.69) is 4.98 Å². The molecule has 1 heterocycles. The predicted octanol–water partition coefficient (Wildman–Crippen LogP) is 2.91. The Labute approximate surface area is 118 Å². The molecule has 0 aliphatic rings. The first-order valence-corrected chi connectivity index (χ1v) is 6.43. The highest BCUT2D eigenvalue weighted by atomic mass is 32.1. The van der Waals surface area contributed by atoms with Crippen LogP contribution in [0.3, 0.4) is 0 Å². The second-order valence-corrected chi connectivity index (χ2v) is 4.82. The topological polar surface area (TPSA) is 48.1 Å². The number of nitrogens with two attached hydrogens (primary N) is 1. The van der Waals surface area contributed by atoms with Gasteiger partial charge in [0, 0.05) is 11.8 Å². The van der Waals surface area contributed by atoms with Gasteiger partial charge in [-0.15, -0.1) is 0 Å². The monoisotopic (exact) mass is 272 g/mol. The van der Waals surface area contributed by atoms with Crippen LogP contribution in [0.5, 0.6) is 5.75 Å². The summed E-state index contributed by atoms with van der Waals surface area (Å²) in [6.07, 6.45) is 1.68. The van der Waals surface area contributed by atoms with Gasteiger partial charge in [0.1, 0.15) is 23.0 Å². The molecule has 1 aromatic carbocycles. The molecule has 3 nitrogen and oxygen atoms in total. The molecule has 0 bridgehead atoms. The molecule has 0 saturated heterocycles. The summed E-state index contributed by atoms with van der Waals surface area (Å²) >= 11 is 4.99. The molecule has 19 heavy (non-hydrogen) atoms. The van der Waals surface area contributed by atoms with Crippen LogP contribution in [0.25, 0.3) is 0 Å². The van der Waals surface area contributed by atoms with E-state index < -0.39 is 0 Å². The van der Waals surface area contributed by atoms with Gasteiger partial charge in [-0.25, -0.2) is 0 Å².